The van der Waals surface area contributed by atoms with E-state index in [-0.39, 0.29) is 17.8 Å². The molecule has 17 heavy (non-hydrogen) atoms. The second-order valence-electron chi connectivity index (χ2n) is 3.92. The SMILES string of the molecule is O=S1(=O)CCN1Cc1cc(F)cc(B(O)O)c1. The Balaban J connectivity index is 2.21. The maximum absolute atomic E-state index is 13.2. The highest BCUT2D eigenvalue weighted by Gasteiger charge is 2.32. The number of halogens is 1. The lowest BCUT2D eigenvalue weighted by Gasteiger charge is -2.30. The Morgan fingerprint density at radius 3 is 2.53 bits per heavy atom. The summed E-state index contributed by atoms with van der Waals surface area (Å²) in [5.74, 6) is -0.513. The Morgan fingerprint density at radius 2 is 2.06 bits per heavy atom. The van der Waals surface area contributed by atoms with E-state index in [9.17, 15) is 12.8 Å². The summed E-state index contributed by atoms with van der Waals surface area (Å²) in [7, 11) is -4.95. The molecule has 0 spiro atoms. The third-order valence-corrected chi connectivity index (χ3v) is 4.43. The smallest absolute Gasteiger partial charge is 0.423 e. The highest BCUT2D eigenvalue weighted by Crippen LogP contribution is 2.17. The van der Waals surface area contributed by atoms with Crippen LogP contribution in [0, 0.1) is 5.82 Å². The summed E-state index contributed by atoms with van der Waals surface area (Å²) >= 11 is 0. The van der Waals surface area contributed by atoms with Crippen molar-refractivity contribution in [1.29, 1.82) is 0 Å². The van der Waals surface area contributed by atoms with E-state index in [1.807, 2.05) is 0 Å². The lowest BCUT2D eigenvalue weighted by atomic mass is 9.79. The van der Waals surface area contributed by atoms with E-state index < -0.39 is 23.0 Å². The molecule has 2 rings (SSSR count). The van der Waals surface area contributed by atoms with Crippen molar-refractivity contribution in [3.63, 3.8) is 0 Å². The van der Waals surface area contributed by atoms with Gasteiger partial charge in [-0.3, -0.25) is 0 Å². The molecule has 92 valence electrons. The molecule has 0 radical (unpaired) electrons. The van der Waals surface area contributed by atoms with Crippen molar-refractivity contribution in [2.75, 3.05) is 12.3 Å². The lowest BCUT2D eigenvalue weighted by Crippen LogP contribution is -2.46. The van der Waals surface area contributed by atoms with Crippen LogP contribution >= 0.6 is 0 Å². The third-order valence-electron chi connectivity index (χ3n) is 2.63. The summed E-state index contributed by atoms with van der Waals surface area (Å²) in [5.41, 5.74) is 0.411. The Kier molecular flexibility index (Phi) is 3.22. The van der Waals surface area contributed by atoms with Gasteiger partial charge in [0.1, 0.15) is 5.82 Å². The van der Waals surface area contributed by atoms with Crippen molar-refractivity contribution < 1.29 is 22.9 Å². The molecule has 0 amide bonds. The summed E-state index contributed by atoms with van der Waals surface area (Å²) < 4.78 is 36.9. The van der Waals surface area contributed by atoms with Crippen molar-refractivity contribution >= 4 is 22.6 Å². The molecule has 0 saturated carbocycles. The summed E-state index contributed by atoms with van der Waals surface area (Å²) in [4.78, 5) is 0. The van der Waals surface area contributed by atoms with Gasteiger partial charge >= 0.3 is 7.12 Å². The maximum atomic E-state index is 13.2. The first kappa shape index (κ1) is 12.5. The molecule has 0 bridgehead atoms. The Labute approximate surface area is 98.7 Å². The fraction of sp³-hybridized carbons (Fsp3) is 0.333. The molecular weight excluding hydrogens is 248 g/mol. The minimum Gasteiger partial charge on any atom is -0.423 e. The lowest BCUT2D eigenvalue weighted by molar-refractivity contribution is 0.378. The number of hydrogen-bond donors (Lipinski definition) is 2. The molecule has 0 aliphatic carbocycles. The van der Waals surface area contributed by atoms with Crippen molar-refractivity contribution in [1.82, 2.24) is 4.31 Å². The van der Waals surface area contributed by atoms with Crippen molar-refractivity contribution in [3.05, 3.63) is 29.6 Å². The fourth-order valence-electron chi connectivity index (χ4n) is 1.67. The minimum absolute atomic E-state index is 0.0120. The van der Waals surface area contributed by atoms with Crippen LogP contribution in [0.4, 0.5) is 4.39 Å². The largest absolute Gasteiger partial charge is 0.488 e. The Bertz CT molecular complexity index is 534. The zero-order chi connectivity index (χ0) is 12.6. The van der Waals surface area contributed by atoms with Crippen LogP contribution in [0.15, 0.2) is 18.2 Å². The van der Waals surface area contributed by atoms with Crippen LogP contribution in [0.3, 0.4) is 0 Å². The second kappa shape index (κ2) is 4.38. The van der Waals surface area contributed by atoms with Crippen LogP contribution in [0.1, 0.15) is 5.56 Å². The molecule has 1 aliphatic heterocycles. The van der Waals surface area contributed by atoms with Gasteiger partial charge in [0.15, 0.2) is 0 Å². The Morgan fingerprint density at radius 1 is 1.35 bits per heavy atom. The molecule has 1 fully saturated rings. The van der Waals surface area contributed by atoms with Crippen LogP contribution < -0.4 is 5.46 Å². The van der Waals surface area contributed by atoms with E-state index in [0.717, 1.165) is 6.07 Å². The zero-order valence-electron chi connectivity index (χ0n) is 8.88. The van der Waals surface area contributed by atoms with Gasteiger partial charge in [-0.25, -0.2) is 12.8 Å². The fourth-order valence-corrected chi connectivity index (χ4v) is 2.75. The van der Waals surface area contributed by atoms with Crippen LogP contribution in [0.25, 0.3) is 0 Å². The van der Waals surface area contributed by atoms with E-state index in [0.29, 0.717) is 12.1 Å². The summed E-state index contributed by atoms with van der Waals surface area (Å²) in [6.45, 7) is 0.468. The van der Waals surface area contributed by atoms with Gasteiger partial charge in [-0.15, -0.1) is 0 Å². The number of hydrogen-bond acceptors (Lipinski definition) is 4. The quantitative estimate of drug-likeness (QED) is 0.658. The minimum atomic E-state index is -3.18. The molecule has 0 unspecified atom stereocenters. The monoisotopic (exact) mass is 259 g/mol. The van der Waals surface area contributed by atoms with E-state index in [1.165, 1.54) is 16.4 Å². The van der Waals surface area contributed by atoms with E-state index in [4.69, 9.17) is 10.0 Å². The number of benzene rings is 1. The molecule has 8 heteroatoms. The molecule has 1 saturated heterocycles. The molecule has 1 aromatic carbocycles. The first-order valence-corrected chi connectivity index (χ1v) is 6.63. The summed E-state index contributed by atoms with van der Waals surface area (Å²) in [5, 5.41) is 17.9. The summed E-state index contributed by atoms with van der Waals surface area (Å²) in [6.07, 6.45) is 0. The molecular formula is C9H11BFNO4S. The maximum Gasteiger partial charge on any atom is 0.488 e. The number of sulfonamides is 1. The average molecular weight is 259 g/mol. The van der Waals surface area contributed by atoms with E-state index in [1.54, 1.807) is 0 Å². The average Bonchev–Trinajstić information content (AvgIpc) is 2.24. The molecule has 0 aromatic heterocycles. The Hall–Kier alpha value is -0.955. The normalized spacial score (nSPS) is 18.8. The standard InChI is InChI=1S/C9H11BFNO4S/c11-9-4-7(3-8(5-9)10(13)14)6-12-1-2-17(12,15)16/h3-5,13-14H,1-2,6H2. The predicted molar refractivity (Wildman–Crippen MR) is 60.4 cm³/mol. The van der Waals surface area contributed by atoms with Crippen molar-refractivity contribution in [3.8, 4) is 0 Å². The van der Waals surface area contributed by atoms with Crippen LogP contribution in [0.5, 0.6) is 0 Å². The van der Waals surface area contributed by atoms with Gasteiger partial charge in [0.2, 0.25) is 10.0 Å². The first-order chi connectivity index (χ1) is 7.88. The van der Waals surface area contributed by atoms with Crippen LogP contribution in [0.2, 0.25) is 0 Å². The van der Waals surface area contributed by atoms with E-state index >= 15 is 0 Å². The van der Waals surface area contributed by atoms with Gasteiger partial charge in [-0.05, 0) is 23.2 Å². The molecule has 1 aliphatic rings. The molecule has 1 heterocycles. The van der Waals surface area contributed by atoms with Crippen molar-refractivity contribution in [2.45, 2.75) is 6.54 Å². The van der Waals surface area contributed by atoms with Gasteiger partial charge in [0.05, 0.1) is 5.75 Å². The molecule has 2 N–H and O–H groups in total. The van der Waals surface area contributed by atoms with Crippen LogP contribution in [-0.2, 0) is 16.6 Å². The highest BCUT2D eigenvalue weighted by atomic mass is 32.2. The number of nitrogens with zero attached hydrogens (tertiary/aromatic N) is 1. The van der Waals surface area contributed by atoms with Crippen molar-refractivity contribution in [2.24, 2.45) is 0 Å². The number of rotatable bonds is 3. The van der Waals surface area contributed by atoms with Gasteiger partial charge in [0.25, 0.3) is 0 Å². The van der Waals surface area contributed by atoms with Gasteiger partial charge in [0, 0.05) is 13.1 Å². The highest BCUT2D eigenvalue weighted by molar-refractivity contribution is 7.90. The molecule has 1 aromatic rings. The van der Waals surface area contributed by atoms with Crippen LogP contribution in [-0.4, -0.2) is 42.2 Å². The third kappa shape index (κ3) is 2.66. The molecule has 0 atom stereocenters. The second-order valence-corrected chi connectivity index (χ2v) is 6.00. The van der Waals surface area contributed by atoms with Gasteiger partial charge < -0.3 is 10.0 Å². The zero-order valence-corrected chi connectivity index (χ0v) is 9.69. The van der Waals surface area contributed by atoms with E-state index in [2.05, 4.69) is 0 Å². The molecule has 5 nitrogen and oxygen atoms in total. The summed E-state index contributed by atoms with van der Waals surface area (Å²) in [6, 6.07) is 3.56. The first-order valence-electron chi connectivity index (χ1n) is 5.02. The predicted octanol–water partition coefficient (Wildman–Crippen LogP) is -1.35. The van der Waals surface area contributed by atoms with Gasteiger partial charge in [-0.1, -0.05) is 6.07 Å². The topological polar surface area (TPSA) is 77.8 Å². The van der Waals surface area contributed by atoms with Gasteiger partial charge in [-0.2, -0.15) is 4.31 Å².